The summed E-state index contributed by atoms with van der Waals surface area (Å²) in [4.78, 5) is 4.49. The van der Waals surface area contributed by atoms with Gasteiger partial charge in [0.25, 0.3) is 5.89 Å². The number of nitrogens with zero attached hydrogens (tertiary/aromatic N) is 5. The first kappa shape index (κ1) is 18.9. The maximum Gasteiger partial charge on any atom is 0.280 e. The molecule has 0 aliphatic rings. The number of hydrogen-bond acceptors (Lipinski definition) is 7. The summed E-state index contributed by atoms with van der Waals surface area (Å²) in [7, 11) is 1.57. The highest BCUT2D eigenvalue weighted by atomic mass is 35.5. The van der Waals surface area contributed by atoms with Crippen LogP contribution in [0.3, 0.4) is 0 Å². The van der Waals surface area contributed by atoms with Crippen LogP contribution in [-0.2, 0) is 0 Å². The lowest BCUT2D eigenvalue weighted by Gasteiger charge is -2.07. The predicted octanol–water partition coefficient (Wildman–Crippen LogP) is 4.35. The number of rotatable bonds is 6. The van der Waals surface area contributed by atoms with E-state index in [0.29, 0.717) is 34.6 Å². The molecule has 0 saturated carbocycles. The number of methoxy groups -OCH3 is 1. The van der Waals surface area contributed by atoms with Gasteiger partial charge in [-0.05, 0) is 44.2 Å². The molecule has 0 bridgehead atoms. The van der Waals surface area contributed by atoms with Crippen LogP contribution in [0.4, 0.5) is 0 Å². The summed E-state index contributed by atoms with van der Waals surface area (Å²) in [5.41, 5.74) is 2.72. The van der Waals surface area contributed by atoms with Crippen molar-refractivity contribution in [1.82, 2.24) is 25.1 Å². The molecule has 0 unspecified atom stereocenters. The van der Waals surface area contributed by atoms with Crippen molar-refractivity contribution in [2.75, 3.05) is 13.7 Å². The number of aromatic nitrogens is 5. The van der Waals surface area contributed by atoms with E-state index in [1.54, 1.807) is 23.9 Å². The number of halogens is 1. The summed E-state index contributed by atoms with van der Waals surface area (Å²) >= 11 is 6.23. The van der Waals surface area contributed by atoms with Crippen molar-refractivity contribution in [3.63, 3.8) is 0 Å². The van der Waals surface area contributed by atoms with Crippen LogP contribution in [0.1, 0.15) is 12.6 Å². The van der Waals surface area contributed by atoms with E-state index in [9.17, 15) is 0 Å². The zero-order chi connectivity index (χ0) is 20.4. The van der Waals surface area contributed by atoms with Gasteiger partial charge in [-0.1, -0.05) is 34.1 Å². The zero-order valence-electron chi connectivity index (χ0n) is 16.1. The molecule has 0 atom stereocenters. The second-order valence-corrected chi connectivity index (χ2v) is 6.51. The average Bonchev–Trinajstić information content (AvgIpc) is 3.35. The number of hydrogen-bond donors (Lipinski definition) is 0. The van der Waals surface area contributed by atoms with E-state index in [0.717, 1.165) is 16.9 Å². The van der Waals surface area contributed by atoms with Gasteiger partial charge in [-0.2, -0.15) is 4.98 Å². The summed E-state index contributed by atoms with van der Waals surface area (Å²) in [6, 6.07) is 12.9. The van der Waals surface area contributed by atoms with Gasteiger partial charge in [0.1, 0.15) is 11.5 Å². The van der Waals surface area contributed by atoms with Crippen molar-refractivity contribution in [2.24, 2.45) is 0 Å². The standard InChI is InChI=1S/C20H18ClN5O3/c1-4-28-16-8-6-5-7-14(16)19-22-20(29-24-19)18-12(2)26(25-23-18)13-9-10-17(27-3)15(21)11-13/h5-11H,4H2,1-3H3. The van der Waals surface area contributed by atoms with Crippen molar-refractivity contribution < 1.29 is 14.0 Å². The minimum atomic E-state index is 0.273. The van der Waals surface area contributed by atoms with Crippen LogP contribution in [0.2, 0.25) is 5.02 Å². The fourth-order valence-corrected chi connectivity index (χ4v) is 3.17. The molecule has 0 amide bonds. The Morgan fingerprint density at radius 3 is 2.72 bits per heavy atom. The number of benzene rings is 2. The fraction of sp³-hybridized carbons (Fsp3) is 0.200. The van der Waals surface area contributed by atoms with Gasteiger partial charge in [0.15, 0.2) is 5.69 Å². The molecule has 9 heteroatoms. The first-order valence-corrected chi connectivity index (χ1v) is 9.32. The Bertz CT molecular complexity index is 1150. The van der Waals surface area contributed by atoms with Gasteiger partial charge in [0.2, 0.25) is 5.82 Å². The van der Waals surface area contributed by atoms with E-state index >= 15 is 0 Å². The summed E-state index contributed by atoms with van der Waals surface area (Å²) < 4.78 is 17.9. The lowest BCUT2D eigenvalue weighted by molar-refractivity contribution is 0.341. The van der Waals surface area contributed by atoms with Crippen LogP contribution in [-0.4, -0.2) is 38.9 Å². The molecule has 4 aromatic rings. The summed E-state index contributed by atoms with van der Waals surface area (Å²) in [6.45, 7) is 4.33. The Morgan fingerprint density at radius 2 is 1.97 bits per heavy atom. The molecule has 0 N–H and O–H groups in total. The highest BCUT2D eigenvalue weighted by Gasteiger charge is 2.20. The molecular formula is C20H18ClN5O3. The zero-order valence-corrected chi connectivity index (χ0v) is 16.8. The maximum atomic E-state index is 6.23. The minimum Gasteiger partial charge on any atom is -0.495 e. The molecule has 29 heavy (non-hydrogen) atoms. The van der Waals surface area contributed by atoms with Gasteiger partial charge in [0.05, 0.1) is 35.7 Å². The van der Waals surface area contributed by atoms with Gasteiger partial charge < -0.3 is 14.0 Å². The molecule has 0 aliphatic heterocycles. The highest BCUT2D eigenvalue weighted by molar-refractivity contribution is 6.32. The first-order valence-electron chi connectivity index (χ1n) is 8.94. The molecule has 8 nitrogen and oxygen atoms in total. The third-order valence-electron chi connectivity index (χ3n) is 4.33. The van der Waals surface area contributed by atoms with E-state index < -0.39 is 0 Å². The van der Waals surface area contributed by atoms with E-state index in [-0.39, 0.29) is 5.89 Å². The van der Waals surface area contributed by atoms with Crippen molar-refractivity contribution in [3.8, 4) is 40.2 Å². The quantitative estimate of drug-likeness (QED) is 0.466. The maximum absolute atomic E-state index is 6.23. The molecule has 2 aromatic heterocycles. The predicted molar refractivity (Wildman–Crippen MR) is 108 cm³/mol. The fourth-order valence-electron chi connectivity index (χ4n) is 2.92. The number of ether oxygens (including phenoxy) is 2. The Morgan fingerprint density at radius 1 is 1.14 bits per heavy atom. The summed E-state index contributed by atoms with van der Waals surface area (Å²) in [6.07, 6.45) is 0. The lowest BCUT2D eigenvalue weighted by atomic mass is 10.2. The normalized spacial score (nSPS) is 10.9. The molecule has 2 heterocycles. The smallest absolute Gasteiger partial charge is 0.280 e. The molecule has 0 radical (unpaired) electrons. The molecule has 0 spiro atoms. The Kier molecular flexibility index (Phi) is 5.18. The van der Waals surface area contributed by atoms with E-state index in [1.165, 1.54) is 0 Å². The molecule has 4 rings (SSSR count). The van der Waals surface area contributed by atoms with Gasteiger partial charge in [-0.15, -0.1) is 5.10 Å². The summed E-state index contributed by atoms with van der Waals surface area (Å²) in [5.74, 6) is 1.97. The molecular weight excluding hydrogens is 394 g/mol. The van der Waals surface area contributed by atoms with Crippen LogP contribution in [0.15, 0.2) is 47.0 Å². The lowest BCUT2D eigenvalue weighted by Crippen LogP contribution is -1.99. The SMILES string of the molecule is CCOc1ccccc1-c1noc(-c2nnn(-c3ccc(OC)c(Cl)c3)c2C)n1. The van der Waals surface area contributed by atoms with Gasteiger partial charge in [-0.25, -0.2) is 4.68 Å². The number of para-hydroxylation sites is 1. The third-order valence-corrected chi connectivity index (χ3v) is 4.63. The van der Waals surface area contributed by atoms with Crippen molar-refractivity contribution in [2.45, 2.75) is 13.8 Å². The van der Waals surface area contributed by atoms with E-state index in [1.807, 2.05) is 44.2 Å². The van der Waals surface area contributed by atoms with Crippen molar-refractivity contribution in [1.29, 1.82) is 0 Å². The van der Waals surface area contributed by atoms with Crippen LogP contribution in [0, 0.1) is 6.92 Å². The summed E-state index contributed by atoms with van der Waals surface area (Å²) in [5, 5.41) is 13.0. The average molecular weight is 412 g/mol. The van der Waals surface area contributed by atoms with E-state index in [2.05, 4.69) is 20.5 Å². The Balaban J connectivity index is 1.69. The molecule has 0 saturated heterocycles. The van der Waals surface area contributed by atoms with Crippen LogP contribution in [0.5, 0.6) is 11.5 Å². The minimum absolute atomic E-state index is 0.273. The topological polar surface area (TPSA) is 88.1 Å². The highest BCUT2D eigenvalue weighted by Crippen LogP contribution is 2.31. The molecule has 2 aromatic carbocycles. The second kappa shape index (κ2) is 7.92. The molecule has 0 aliphatic carbocycles. The largest absolute Gasteiger partial charge is 0.495 e. The monoisotopic (exact) mass is 411 g/mol. The Labute approximate surface area is 172 Å². The second-order valence-electron chi connectivity index (χ2n) is 6.11. The molecule has 148 valence electrons. The van der Waals surface area contributed by atoms with Crippen LogP contribution >= 0.6 is 11.6 Å². The third kappa shape index (κ3) is 3.54. The van der Waals surface area contributed by atoms with Crippen LogP contribution in [0.25, 0.3) is 28.7 Å². The van der Waals surface area contributed by atoms with Gasteiger partial charge in [0, 0.05) is 0 Å². The first-order chi connectivity index (χ1) is 14.1. The molecule has 0 fully saturated rings. The van der Waals surface area contributed by atoms with Crippen molar-refractivity contribution >= 4 is 11.6 Å². The Hall–Kier alpha value is -3.39. The van der Waals surface area contributed by atoms with Gasteiger partial charge in [-0.3, -0.25) is 0 Å². The van der Waals surface area contributed by atoms with Crippen LogP contribution < -0.4 is 9.47 Å². The van der Waals surface area contributed by atoms with E-state index in [4.69, 9.17) is 25.6 Å². The van der Waals surface area contributed by atoms with Gasteiger partial charge >= 0.3 is 0 Å². The van der Waals surface area contributed by atoms with Crippen molar-refractivity contribution in [3.05, 3.63) is 53.2 Å².